The Kier molecular flexibility index (Phi) is 7.69. The monoisotopic (exact) mass is 438 g/mol. The molecule has 0 bridgehead atoms. The van der Waals surface area contributed by atoms with E-state index in [1.165, 1.54) is 0 Å². The summed E-state index contributed by atoms with van der Waals surface area (Å²) >= 11 is 0. The van der Waals surface area contributed by atoms with Crippen molar-refractivity contribution in [1.29, 1.82) is 0 Å². The molecular weight excluding hydrogens is 411 g/mol. The van der Waals surface area contributed by atoms with E-state index in [0.717, 1.165) is 33.4 Å². The first-order chi connectivity index (χ1) is 15.0. The van der Waals surface area contributed by atoms with E-state index in [9.17, 15) is 40.2 Å². The zero-order valence-electron chi connectivity index (χ0n) is 17.9. The van der Waals surface area contributed by atoms with Crippen LogP contribution >= 0.6 is 0 Å². The molecule has 2 atom stereocenters. The van der Waals surface area contributed by atoms with E-state index in [0.29, 0.717) is 11.1 Å². The molecule has 0 fully saturated rings. The maximum Gasteiger partial charge on any atom is 0.458 e. The van der Waals surface area contributed by atoms with Crippen molar-refractivity contribution in [2.45, 2.75) is 38.1 Å². The quantitative estimate of drug-likeness (QED) is 0.222. The van der Waals surface area contributed by atoms with Crippen LogP contribution in [0.15, 0.2) is 42.0 Å². The zero-order valence-corrected chi connectivity index (χ0v) is 17.9. The van der Waals surface area contributed by atoms with E-state index in [1.807, 2.05) is 26.0 Å². The standard InChI is InChI=1S/C20H26B4O8/c1-11(2)20-16-7-12(18(23(29)30)9-21(25)26)3-5-14(16)15-6-4-13(8-17(15)20)19(24(31)32)10-22(27)28/h3-8,18-19,25-32H,9-10H2,1-2H3. The fraction of sp³-hybridized carbons (Fsp3) is 0.300. The van der Waals surface area contributed by atoms with E-state index in [4.69, 9.17) is 0 Å². The lowest BCUT2D eigenvalue weighted by Gasteiger charge is -2.18. The molecule has 0 heterocycles. The summed E-state index contributed by atoms with van der Waals surface area (Å²) in [5.74, 6) is -1.78. The largest absolute Gasteiger partial charge is 0.458 e. The van der Waals surface area contributed by atoms with Gasteiger partial charge in [-0.1, -0.05) is 42.0 Å². The normalized spacial score (nSPS) is 13.9. The van der Waals surface area contributed by atoms with Crippen LogP contribution in [0, 0.1) is 0 Å². The van der Waals surface area contributed by atoms with Crippen LogP contribution in [0.5, 0.6) is 0 Å². The fourth-order valence-electron chi connectivity index (χ4n) is 4.47. The molecule has 2 unspecified atom stereocenters. The Hall–Kier alpha value is -1.88. The highest BCUT2D eigenvalue weighted by atomic mass is 16.4. The highest BCUT2D eigenvalue weighted by Gasteiger charge is 2.34. The SMILES string of the molecule is CC(C)=C1c2cc(C(CB(O)O)B(O)O)ccc2-c2ccc(C(CB(O)O)B(O)O)cc21. The topological polar surface area (TPSA) is 162 Å². The molecule has 8 nitrogen and oxygen atoms in total. The predicted octanol–water partition coefficient (Wildman–Crippen LogP) is -0.355. The Morgan fingerprint density at radius 3 is 1.28 bits per heavy atom. The van der Waals surface area contributed by atoms with Crippen molar-refractivity contribution in [2.75, 3.05) is 0 Å². The molecule has 0 saturated carbocycles. The number of hydrogen-bond donors (Lipinski definition) is 8. The van der Waals surface area contributed by atoms with Crippen molar-refractivity contribution in [3.05, 3.63) is 64.2 Å². The summed E-state index contributed by atoms with van der Waals surface area (Å²) in [5, 5.41) is 76.4. The summed E-state index contributed by atoms with van der Waals surface area (Å²) in [5.41, 5.74) is 6.47. The van der Waals surface area contributed by atoms with Gasteiger partial charge in [0.2, 0.25) is 0 Å². The van der Waals surface area contributed by atoms with Crippen molar-refractivity contribution in [3.63, 3.8) is 0 Å². The van der Waals surface area contributed by atoms with Gasteiger partial charge in [0.05, 0.1) is 0 Å². The molecule has 0 radical (unpaired) electrons. The Labute approximate surface area is 188 Å². The molecule has 1 aliphatic carbocycles. The first-order valence-corrected chi connectivity index (χ1v) is 10.4. The predicted molar refractivity (Wildman–Crippen MR) is 125 cm³/mol. The zero-order chi connectivity index (χ0) is 23.7. The van der Waals surface area contributed by atoms with Crippen LogP contribution in [0.2, 0.25) is 12.6 Å². The second kappa shape index (κ2) is 9.94. The molecule has 0 saturated heterocycles. The van der Waals surface area contributed by atoms with Crippen molar-refractivity contribution in [1.82, 2.24) is 0 Å². The molecule has 3 rings (SSSR count). The summed E-state index contributed by atoms with van der Waals surface area (Å²) in [6, 6.07) is 10.7. The van der Waals surface area contributed by atoms with Crippen molar-refractivity contribution >= 4 is 34.0 Å². The van der Waals surface area contributed by atoms with Crippen molar-refractivity contribution in [2.24, 2.45) is 0 Å². The third-order valence-electron chi connectivity index (χ3n) is 5.92. The molecular formula is C20H26B4O8. The van der Waals surface area contributed by atoms with Crippen LogP contribution < -0.4 is 0 Å². The number of benzene rings is 2. The van der Waals surface area contributed by atoms with Crippen LogP contribution in [0.4, 0.5) is 0 Å². The maximum atomic E-state index is 9.77. The third-order valence-corrected chi connectivity index (χ3v) is 5.92. The van der Waals surface area contributed by atoms with Gasteiger partial charge in [0, 0.05) is 11.6 Å². The Morgan fingerprint density at radius 2 is 1.00 bits per heavy atom. The van der Waals surface area contributed by atoms with Gasteiger partial charge >= 0.3 is 28.5 Å². The number of rotatable bonds is 8. The number of fused-ring (bicyclic) bond motifs is 3. The van der Waals surface area contributed by atoms with E-state index >= 15 is 0 Å². The lowest BCUT2D eigenvalue weighted by atomic mass is 9.59. The minimum absolute atomic E-state index is 0.239. The number of hydrogen-bond acceptors (Lipinski definition) is 8. The Morgan fingerprint density at radius 1 is 0.625 bits per heavy atom. The molecule has 0 spiro atoms. The summed E-state index contributed by atoms with van der Waals surface area (Å²) in [6.45, 7) is 3.86. The summed E-state index contributed by atoms with van der Waals surface area (Å²) in [4.78, 5) is 0. The van der Waals surface area contributed by atoms with Gasteiger partial charge in [-0.15, -0.1) is 0 Å². The van der Waals surface area contributed by atoms with Gasteiger partial charge in [0.25, 0.3) is 0 Å². The van der Waals surface area contributed by atoms with Crippen LogP contribution in [-0.4, -0.2) is 68.7 Å². The smallest absolute Gasteiger partial charge is 0.427 e. The van der Waals surface area contributed by atoms with Gasteiger partial charge < -0.3 is 40.2 Å². The molecule has 2 aromatic rings. The van der Waals surface area contributed by atoms with Crippen LogP contribution in [0.1, 0.15) is 47.7 Å². The van der Waals surface area contributed by atoms with Gasteiger partial charge in [0.1, 0.15) is 0 Å². The third kappa shape index (κ3) is 5.03. The summed E-state index contributed by atoms with van der Waals surface area (Å²) in [6.07, 6.45) is -0.478. The molecule has 8 N–H and O–H groups in total. The molecule has 1 aliphatic rings. The van der Waals surface area contributed by atoms with E-state index in [-0.39, 0.29) is 12.6 Å². The Balaban J connectivity index is 2.11. The van der Waals surface area contributed by atoms with E-state index < -0.39 is 40.1 Å². The van der Waals surface area contributed by atoms with Crippen LogP contribution in [0.25, 0.3) is 16.7 Å². The van der Waals surface area contributed by atoms with E-state index in [1.54, 1.807) is 24.3 Å². The van der Waals surface area contributed by atoms with Gasteiger partial charge in [-0.25, -0.2) is 0 Å². The average molecular weight is 438 g/mol. The molecule has 166 valence electrons. The lowest BCUT2D eigenvalue weighted by Crippen LogP contribution is -2.28. The molecule has 0 aromatic heterocycles. The molecule has 32 heavy (non-hydrogen) atoms. The highest BCUT2D eigenvalue weighted by Crippen LogP contribution is 2.47. The molecule has 0 amide bonds. The lowest BCUT2D eigenvalue weighted by molar-refractivity contribution is 0.372. The van der Waals surface area contributed by atoms with Crippen LogP contribution in [-0.2, 0) is 0 Å². The first kappa shape index (κ1) is 24.8. The molecule has 0 aliphatic heterocycles. The Bertz CT molecular complexity index is 932. The van der Waals surface area contributed by atoms with Gasteiger partial charge in [0.15, 0.2) is 0 Å². The van der Waals surface area contributed by atoms with Gasteiger partial charge in [-0.05, 0) is 65.4 Å². The summed E-state index contributed by atoms with van der Waals surface area (Å²) < 4.78 is 0. The highest BCUT2D eigenvalue weighted by molar-refractivity contribution is 6.50. The minimum atomic E-state index is -1.77. The first-order valence-electron chi connectivity index (χ1n) is 10.4. The maximum absolute atomic E-state index is 9.77. The fourth-order valence-corrected chi connectivity index (χ4v) is 4.47. The number of allylic oxidation sites excluding steroid dienone is 1. The summed E-state index contributed by atoms with van der Waals surface area (Å²) in [7, 11) is -6.92. The second-order valence-electron chi connectivity index (χ2n) is 8.46. The molecule has 12 heteroatoms. The van der Waals surface area contributed by atoms with Crippen molar-refractivity contribution < 1.29 is 40.2 Å². The van der Waals surface area contributed by atoms with Gasteiger partial charge in [-0.2, -0.15) is 0 Å². The van der Waals surface area contributed by atoms with Crippen molar-refractivity contribution in [3.8, 4) is 11.1 Å². The second-order valence-corrected chi connectivity index (χ2v) is 8.46. The van der Waals surface area contributed by atoms with E-state index in [2.05, 4.69) is 0 Å². The minimum Gasteiger partial charge on any atom is -0.427 e. The molecule has 2 aromatic carbocycles. The van der Waals surface area contributed by atoms with Crippen LogP contribution in [0.3, 0.4) is 0 Å². The van der Waals surface area contributed by atoms with Gasteiger partial charge in [-0.3, -0.25) is 0 Å². The average Bonchev–Trinajstić information content (AvgIpc) is 3.02.